The van der Waals surface area contributed by atoms with Crippen molar-refractivity contribution in [3.05, 3.63) is 45.3 Å². The third-order valence-corrected chi connectivity index (χ3v) is 4.69. The number of benzene rings is 1. The molecule has 2 aromatic rings. The minimum atomic E-state index is -0.268. The summed E-state index contributed by atoms with van der Waals surface area (Å²) in [6.07, 6.45) is 0. The van der Waals surface area contributed by atoms with Crippen molar-refractivity contribution in [2.45, 2.75) is 27.7 Å². The second-order valence-electron chi connectivity index (χ2n) is 4.79. The molecule has 0 spiro atoms. The summed E-state index contributed by atoms with van der Waals surface area (Å²) in [5, 5.41) is 0. The van der Waals surface area contributed by atoms with Crippen LogP contribution in [0.3, 0.4) is 0 Å². The molecule has 0 fully saturated rings. The van der Waals surface area contributed by atoms with Crippen LogP contribution in [0, 0.1) is 27.7 Å². The number of thiophene rings is 1. The Kier molecular flexibility index (Phi) is 3.76. The Morgan fingerprint density at radius 3 is 2.16 bits per heavy atom. The Balaban J connectivity index is 2.59. The molecule has 0 aliphatic carbocycles. The van der Waals surface area contributed by atoms with Crippen molar-refractivity contribution < 1.29 is 9.53 Å². The van der Waals surface area contributed by atoms with E-state index >= 15 is 0 Å². The van der Waals surface area contributed by atoms with Gasteiger partial charge in [-0.05, 0) is 67.6 Å². The molecule has 19 heavy (non-hydrogen) atoms. The van der Waals surface area contributed by atoms with E-state index in [0.717, 1.165) is 4.88 Å². The molecule has 1 aromatic carbocycles. The largest absolute Gasteiger partial charge is 0.465 e. The van der Waals surface area contributed by atoms with Crippen LogP contribution in [0.1, 0.15) is 31.9 Å². The molecule has 0 bridgehead atoms. The van der Waals surface area contributed by atoms with Crippen LogP contribution in [0.4, 0.5) is 0 Å². The standard InChI is InChI=1S/C16H18O2S/c1-9-8-10(2)12(4)15(11(9)3)13-6-7-14(19-13)16(17)18-5/h6-8H,1-5H3. The van der Waals surface area contributed by atoms with Crippen molar-refractivity contribution in [2.24, 2.45) is 0 Å². The fourth-order valence-corrected chi connectivity index (χ4v) is 3.35. The second kappa shape index (κ2) is 5.17. The first kappa shape index (κ1) is 13.8. The van der Waals surface area contributed by atoms with Gasteiger partial charge in [0.05, 0.1) is 7.11 Å². The molecule has 0 radical (unpaired) electrons. The van der Waals surface area contributed by atoms with Crippen molar-refractivity contribution in [2.75, 3.05) is 7.11 Å². The Labute approximate surface area is 118 Å². The number of carbonyl (C=O) groups is 1. The lowest BCUT2D eigenvalue weighted by molar-refractivity contribution is 0.0606. The summed E-state index contributed by atoms with van der Waals surface area (Å²) >= 11 is 1.49. The number of ether oxygens (including phenoxy) is 1. The molecule has 0 saturated carbocycles. The molecule has 0 amide bonds. The van der Waals surface area contributed by atoms with Crippen LogP contribution >= 0.6 is 11.3 Å². The van der Waals surface area contributed by atoms with Gasteiger partial charge in [0.15, 0.2) is 0 Å². The molecule has 0 aliphatic rings. The van der Waals surface area contributed by atoms with Crippen molar-refractivity contribution in [1.82, 2.24) is 0 Å². The zero-order valence-corrected chi connectivity index (χ0v) is 12.8. The van der Waals surface area contributed by atoms with Gasteiger partial charge in [-0.1, -0.05) is 6.07 Å². The summed E-state index contributed by atoms with van der Waals surface area (Å²) in [4.78, 5) is 13.3. The number of rotatable bonds is 2. The fraction of sp³-hybridized carbons (Fsp3) is 0.312. The van der Waals surface area contributed by atoms with E-state index in [1.165, 1.54) is 46.3 Å². The van der Waals surface area contributed by atoms with E-state index in [-0.39, 0.29) is 5.97 Å². The smallest absolute Gasteiger partial charge is 0.348 e. The number of aryl methyl sites for hydroxylation is 2. The van der Waals surface area contributed by atoms with Gasteiger partial charge in [0.1, 0.15) is 4.88 Å². The molecule has 100 valence electrons. The van der Waals surface area contributed by atoms with Crippen LogP contribution in [0.15, 0.2) is 18.2 Å². The predicted octanol–water partition coefficient (Wildman–Crippen LogP) is 4.44. The molecule has 0 unspecified atom stereocenters. The minimum absolute atomic E-state index is 0.268. The van der Waals surface area contributed by atoms with E-state index in [0.29, 0.717) is 4.88 Å². The number of esters is 1. The van der Waals surface area contributed by atoms with E-state index in [1.807, 2.05) is 12.1 Å². The zero-order valence-electron chi connectivity index (χ0n) is 12.0. The number of hydrogen-bond acceptors (Lipinski definition) is 3. The van der Waals surface area contributed by atoms with E-state index in [1.54, 1.807) is 0 Å². The van der Waals surface area contributed by atoms with Crippen LogP contribution in [0.2, 0.25) is 0 Å². The van der Waals surface area contributed by atoms with Gasteiger partial charge in [-0.15, -0.1) is 11.3 Å². The molecular formula is C16H18O2S. The quantitative estimate of drug-likeness (QED) is 0.757. The lowest BCUT2D eigenvalue weighted by Gasteiger charge is -2.13. The molecule has 0 N–H and O–H groups in total. The Hall–Kier alpha value is -1.61. The van der Waals surface area contributed by atoms with Gasteiger partial charge in [0.25, 0.3) is 0 Å². The topological polar surface area (TPSA) is 26.3 Å². The van der Waals surface area contributed by atoms with E-state index in [9.17, 15) is 4.79 Å². The number of methoxy groups -OCH3 is 1. The van der Waals surface area contributed by atoms with E-state index in [4.69, 9.17) is 4.74 Å². The van der Waals surface area contributed by atoms with Gasteiger partial charge in [0, 0.05) is 4.88 Å². The highest BCUT2D eigenvalue weighted by atomic mass is 32.1. The molecule has 0 atom stereocenters. The summed E-state index contributed by atoms with van der Waals surface area (Å²) in [7, 11) is 1.41. The van der Waals surface area contributed by atoms with Gasteiger partial charge >= 0.3 is 5.97 Å². The van der Waals surface area contributed by atoms with Crippen LogP contribution in [-0.2, 0) is 4.74 Å². The second-order valence-corrected chi connectivity index (χ2v) is 5.87. The highest BCUT2D eigenvalue weighted by molar-refractivity contribution is 7.17. The molecule has 0 aliphatic heterocycles. The van der Waals surface area contributed by atoms with Crippen LogP contribution in [-0.4, -0.2) is 13.1 Å². The first-order chi connectivity index (χ1) is 8.95. The maximum absolute atomic E-state index is 11.6. The molecule has 0 saturated heterocycles. The summed E-state index contributed by atoms with van der Waals surface area (Å²) in [6, 6.07) is 6.05. The molecule has 2 rings (SSSR count). The van der Waals surface area contributed by atoms with Crippen molar-refractivity contribution >= 4 is 17.3 Å². The van der Waals surface area contributed by atoms with Gasteiger partial charge < -0.3 is 4.74 Å². The predicted molar refractivity (Wildman–Crippen MR) is 80.0 cm³/mol. The number of carbonyl (C=O) groups excluding carboxylic acids is 1. The highest BCUT2D eigenvalue weighted by Gasteiger charge is 2.15. The summed E-state index contributed by atoms with van der Waals surface area (Å²) < 4.78 is 4.76. The third kappa shape index (κ3) is 2.43. The maximum Gasteiger partial charge on any atom is 0.348 e. The summed E-state index contributed by atoms with van der Waals surface area (Å²) in [5.74, 6) is -0.268. The summed E-state index contributed by atoms with van der Waals surface area (Å²) in [5.41, 5.74) is 6.37. The monoisotopic (exact) mass is 274 g/mol. The fourth-order valence-electron chi connectivity index (χ4n) is 2.27. The van der Waals surface area contributed by atoms with Crippen LogP contribution < -0.4 is 0 Å². The Morgan fingerprint density at radius 2 is 1.63 bits per heavy atom. The van der Waals surface area contributed by atoms with Gasteiger partial charge in [0.2, 0.25) is 0 Å². The first-order valence-electron chi connectivity index (χ1n) is 6.21. The molecule has 3 heteroatoms. The lowest BCUT2D eigenvalue weighted by atomic mass is 9.93. The van der Waals surface area contributed by atoms with Crippen molar-refractivity contribution in [3.8, 4) is 10.4 Å². The first-order valence-corrected chi connectivity index (χ1v) is 7.03. The van der Waals surface area contributed by atoms with Gasteiger partial charge in [-0.2, -0.15) is 0 Å². The average Bonchev–Trinajstić information content (AvgIpc) is 2.85. The van der Waals surface area contributed by atoms with E-state index in [2.05, 4.69) is 33.8 Å². The number of hydrogen-bond donors (Lipinski definition) is 0. The molecular weight excluding hydrogens is 256 g/mol. The minimum Gasteiger partial charge on any atom is -0.465 e. The highest BCUT2D eigenvalue weighted by Crippen LogP contribution is 2.36. The molecule has 1 heterocycles. The SMILES string of the molecule is COC(=O)c1ccc(-c2c(C)c(C)cc(C)c2C)s1. The Bertz CT molecular complexity index is 612. The Morgan fingerprint density at radius 1 is 1.05 bits per heavy atom. The lowest BCUT2D eigenvalue weighted by Crippen LogP contribution is -1.96. The van der Waals surface area contributed by atoms with E-state index < -0.39 is 0 Å². The van der Waals surface area contributed by atoms with Crippen LogP contribution in [0.5, 0.6) is 0 Å². The van der Waals surface area contributed by atoms with Gasteiger partial charge in [-0.3, -0.25) is 0 Å². The zero-order chi connectivity index (χ0) is 14.2. The molecule has 2 nitrogen and oxygen atoms in total. The van der Waals surface area contributed by atoms with Crippen LogP contribution in [0.25, 0.3) is 10.4 Å². The van der Waals surface area contributed by atoms with Gasteiger partial charge in [-0.25, -0.2) is 4.79 Å². The average molecular weight is 274 g/mol. The maximum atomic E-state index is 11.6. The van der Waals surface area contributed by atoms with Crippen molar-refractivity contribution in [3.63, 3.8) is 0 Å². The molecule has 1 aromatic heterocycles. The third-order valence-electron chi connectivity index (χ3n) is 3.61. The normalized spacial score (nSPS) is 10.6. The summed E-state index contributed by atoms with van der Waals surface area (Å²) in [6.45, 7) is 8.52. The van der Waals surface area contributed by atoms with Crippen molar-refractivity contribution in [1.29, 1.82) is 0 Å².